The van der Waals surface area contributed by atoms with E-state index in [0.717, 1.165) is 28.1 Å². The maximum atomic E-state index is 13.0. The number of hydrogen-bond acceptors (Lipinski definition) is 6. The summed E-state index contributed by atoms with van der Waals surface area (Å²) in [5.74, 6) is 0.234. The third-order valence-corrected chi connectivity index (χ3v) is 6.65. The first-order valence-electron chi connectivity index (χ1n) is 10.2. The number of nitro groups is 1. The van der Waals surface area contributed by atoms with Gasteiger partial charge in [0.05, 0.1) is 21.4 Å². The third kappa shape index (κ3) is 4.09. The second-order valence-electron chi connectivity index (χ2n) is 7.53. The molecule has 0 unspecified atom stereocenters. The molecule has 0 N–H and O–H groups in total. The summed E-state index contributed by atoms with van der Waals surface area (Å²) in [6, 6.07) is 20.9. The van der Waals surface area contributed by atoms with Gasteiger partial charge >= 0.3 is 0 Å². The fourth-order valence-corrected chi connectivity index (χ4v) is 4.79. The topological polar surface area (TPSA) is 93.7 Å². The summed E-state index contributed by atoms with van der Waals surface area (Å²) in [5, 5.41) is 13.0. The van der Waals surface area contributed by atoms with Crippen LogP contribution in [0.5, 0.6) is 0 Å². The molecule has 9 heteroatoms. The highest BCUT2D eigenvalue weighted by molar-refractivity contribution is 8.18. The van der Waals surface area contributed by atoms with Gasteiger partial charge in [0.25, 0.3) is 16.8 Å². The van der Waals surface area contributed by atoms with Crippen molar-refractivity contribution in [2.75, 3.05) is 0 Å². The highest BCUT2D eigenvalue weighted by atomic mass is 35.5. The quantitative estimate of drug-likeness (QED) is 0.171. The predicted molar refractivity (Wildman–Crippen MR) is 131 cm³/mol. The van der Waals surface area contributed by atoms with E-state index in [1.807, 2.05) is 42.5 Å². The van der Waals surface area contributed by atoms with E-state index in [1.165, 1.54) is 29.2 Å². The Hall–Kier alpha value is -3.88. The molecular formula is C25H15ClN2O5S. The smallest absolute Gasteiger partial charge is 0.293 e. The molecule has 1 aliphatic rings. The van der Waals surface area contributed by atoms with Crippen molar-refractivity contribution in [2.24, 2.45) is 0 Å². The van der Waals surface area contributed by atoms with Crippen molar-refractivity contribution < 1.29 is 18.9 Å². The van der Waals surface area contributed by atoms with Crippen LogP contribution >= 0.6 is 23.4 Å². The highest BCUT2D eigenvalue weighted by Crippen LogP contribution is 2.36. The molecule has 0 aliphatic carbocycles. The first kappa shape index (κ1) is 21.9. The summed E-state index contributed by atoms with van der Waals surface area (Å²) in [6.45, 7) is 0.163. The maximum absolute atomic E-state index is 13.0. The molecule has 3 aromatic carbocycles. The Morgan fingerprint density at radius 3 is 2.65 bits per heavy atom. The van der Waals surface area contributed by atoms with Gasteiger partial charge in [-0.1, -0.05) is 54.1 Å². The van der Waals surface area contributed by atoms with E-state index in [1.54, 1.807) is 12.1 Å². The Morgan fingerprint density at radius 2 is 1.82 bits per heavy atom. The minimum Gasteiger partial charge on any atom is -0.457 e. The zero-order valence-electron chi connectivity index (χ0n) is 17.4. The second-order valence-corrected chi connectivity index (χ2v) is 8.93. The van der Waals surface area contributed by atoms with Crippen LogP contribution in [0.1, 0.15) is 11.3 Å². The number of nitrogens with zero attached hydrogens (tertiary/aromatic N) is 2. The minimum absolute atomic E-state index is 0.119. The molecule has 2 heterocycles. The molecule has 168 valence electrons. The number of halogens is 1. The zero-order valence-corrected chi connectivity index (χ0v) is 19.0. The molecule has 1 fully saturated rings. The number of non-ortho nitro benzene ring substituents is 1. The van der Waals surface area contributed by atoms with Gasteiger partial charge in [0.2, 0.25) is 0 Å². The maximum Gasteiger partial charge on any atom is 0.293 e. The summed E-state index contributed by atoms with van der Waals surface area (Å²) in [4.78, 5) is 37.6. The van der Waals surface area contributed by atoms with Crippen molar-refractivity contribution in [1.29, 1.82) is 0 Å². The lowest BCUT2D eigenvalue weighted by Gasteiger charge is -2.14. The van der Waals surface area contributed by atoms with Crippen LogP contribution < -0.4 is 0 Å². The average molecular weight is 491 g/mol. The molecule has 2 amide bonds. The number of fused-ring (bicyclic) bond motifs is 1. The van der Waals surface area contributed by atoms with E-state index in [4.69, 9.17) is 16.0 Å². The van der Waals surface area contributed by atoms with E-state index < -0.39 is 10.8 Å². The summed E-state index contributed by atoms with van der Waals surface area (Å²) in [7, 11) is 0. The monoisotopic (exact) mass is 490 g/mol. The summed E-state index contributed by atoms with van der Waals surface area (Å²) < 4.78 is 5.76. The van der Waals surface area contributed by atoms with Crippen LogP contribution in [0.3, 0.4) is 0 Å². The molecule has 7 nitrogen and oxygen atoms in total. The van der Waals surface area contributed by atoms with Crippen molar-refractivity contribution in [3.63, 3.8) is 0 Å². The first-order chi connectivity index (χ1) is 16.4. The number of rotatable bonds is 5. The average Bonchev–Trinajstić information content (AvgIpc) is 3.39. The Morgan fingerprint density at radius 1 is 1.03 bits per heavy atom. The van der Waals surface area contributed by atoms with Crippen molar-refractivity contribution in [2.45, 2.75) is 6.54 Å². The van der Waals surface area contributed by atoms with Crippen molar-refractivity contribution >= 4 is 57.0 Å². The first-order valence-corrected chi connectivity index (χ1v) is 11.4. The Bertz CT molecular complexity index is 1500. The Balaban J connectivity index is 1.40. The number of furan rings is 1. The number of hydrogen-bond donors (Lipinski definition) is 0. The van der Waals surface area contributed by atoms with E-state index in [2.05, 4.69) is 0 Å². The molecule has 0 radical (unpaired) electrons. The molecule has 4 aromatic rings. The lowest BCUT2D eigenvalue weighted by atomic mass is 10.0. The van der Waals surface area contributed by atoms with Crippen LogP contribution in [0.4, 0.5) is 10.5 Å². The molecule has 1 aliphatic heterocycles. The fraction of sp³-hybridized carbons (Fsp3) is 0.0400. The van der Waals surface area contributed by atoms with Gasteiger partial charge in [-0.05, 0) is 46.3 Å². The van der Waals surface area contributed by atoms with E-state index in [9.17, 15) is 19.7 Å². The lowest BCUT2D eigenvalue weighted by Crippen LogP contribution is -2.27. The molecule has 1 saturated heterocycles. The lowest BCUT2D eigenvalue weighted by molar-refractivity contribution is -0.384. The molecule has 0 atom stereocenters. The highest BCUT2D eigenvalue weighted by Gasteiger charge is 2.35. The SMILES string of the molecule is O=C1S/C(=C\c2ccc(-c3cc([N+](=O)[O-])ccc3Cl)o2)C(=O)N1Cc1cccc2ccccc12. The molecule has 0 bridgehead atoms. The number of thioether (sulfide) groups is 1. The predicted octanol–water partition coefficient (Wildman–Crippen LogP) is 6.90. The number of imide groups is 1. The molecule has 0 spiro atoms. The number of benzene rings is 3. The van der Waals surface area contributed by atoms with Crippen LogP contribution in [-0.2, 0) is 11.3 Å². The molecular weight excluding hydrogens is 476 g/mol. The van der Waals surface area contributed by atoms with E-state index >= 15 is 0 Å². The van der Waals surface area contributed by atoms with Crippen LogP contribution in [0.2, 0.25) is 5.02 Å². The van der Waals surface area contributed by atoms with Gasteiger partial charge < -0.3 is 4.42 Å². The number of carbonyl (C=O) groups is 2. The molecule has 0 saturated carbocycles. The van der Waals surface area contributed by atoms with E-state index in [0.29, 0.717) is 22.1 Å². The summed E-state index contributed by atoms with van der Waals surface area (Å²) in [6.07, 6.45) is 1.49. The number of amides is 2. The molecule has 5 rings (SSSR count). The van der Waals surface area contributed by atoms with Crippen molar-refractivity contribution in [3.05, 3.63) is 104 Å². The van der Waals surface area contributed by atoms with Crippen LogP contribution in [0, 0.1) is 10.1 Å². The van der Waals surface area contributed by atoms with Crippen molar-refractivity contribution in [1.82, 2.24) is 4.90 Å². The second kappa shape index (κ2) is 8.81. The van der Waals surface area contributed by atoms with E-state index in [-0.39, 0.29) is 22.4 Å². The van der Waals surface area contributed by atoms with Gasteiger partial charge in [0.1, 0.15) is 11.5 Å². The van der Waals surface area contributed by atoms with Gasteiger partial charge in [0.15, 0.2) is 0 Å². The normalized spacial score (nSPS) is 15.0. The Labute approximate surface area is 202 Å². The van der Waals surface area contributed by atoms with Crippen LogP contribution in [-0.4, -0.2) is 21.0 Å². The Kier molecular flexibility index (Phi) is 5.69. The van der Waals surface area contributed by atoms with Gasteiger partial charge in [-0.25, -0.2) is 0 Å². The standard InChI is InChI=1S/C25H15ClN2O5S/c26-21-10-8-17(28(31)32)12-20(21)22-11-9-18(33-22)13-23-24(29)27(25(30)34-23)14-16-6-3-5-15-4-1-2-7-19(15)16/h1-13H,14H2/b23-13-. The minimum atomic E-state index is -0.518. The van der Waals surface area contributed by atoms with Crippen molar-refractivity contribution in [3.8, 4) is 11.3 Å². The van der Waals surface area contributed by atoms with Crippen LogP contribution in [0.25, 0.3) is 28.2 Å². The molecule has 34 heavy (non-hydrogen) atoms. The van der Waals surface area contributed by atoms with Crippen LogP contribution in [0.15, 0.2) is 82.1 Å². The zero-order chi connectivity index (χ0) is 23.8. The summed E-state index contributed by atoms with van der Waals surface area (Å²) >= 11 is 7.03. The van der Waals surface area contributed by atoms with Gasteiger partial charge in [-0.3, -0.25) is 24.6 Å². The fourth-order valence-electron chi connectivity index (χ4n) is 3.76. The molecule has 1 aromatic heterocycles. The largest absolute Gasteiger partial charge is 0.457 e. The van der Waals surface area contributed by atoms with Gasteiger partial charge in [0, 0.05) is 23.8 Å². The van der Waals surface area contributed by atoms with Gasteiger partial charge in [-0.2, -0.15) is 0 Å². The third-order valence-electron chi connectivity index (χ3n) is 5.41. The van der Waals surface area contributed by atoms with Gasteiger partial charge in [-0.15, -0.1) is 0 Å². The number of carbonyl (C=O) groups excluding carboxylic acids is 2. The summed E-state index contributed by atoms with van der Waals surface area (Å²) in [5.41, 5.74) is 1.12. The number of nitro benzene ring substituents is 1.